The van der Waals surface area contributed by atoms with Crippen LogP contribution in [0.4, 0.5) is 4.79 Å². The topological polar surface area (TPSA) is 67.9 Å². The third-order valence-electron chi connectivity index (χ3n) is 5.20. The van der Waals surface area contributed by atoms with E-state index in [1.807, 2.05) is 26.0 Å². The predicted octanol–water partition coefficient (Wildman–Crippen LogP) is 4.52. The second-order valence-corrected chi connectivity index (χ2v) is 9.53. The van der Waals surface area contributed by atoms with Gasteiger partial charge in [0.15, 0.2) is 0 Å². The van der Waals surface area contributed by atoms with Crippen LogP contribution >= 0.6 is 0 Å². The Morgan fingerprint density at radius 3 is 2.33 bits per heavy atom. The quantitative estimate of drug-likeness (QED) is 0.631. The summed E-state index contributed by atoms with van der Waals surface area (Å²) in [5.41, 5.74) is 1.40. The van der Waals surface area contributed by atoms with E-state index in [4.69, 9.17) is 9.47 Å². The minimum Gasteiger partial charge on any atom is -0.494 e. The third kappa shape index (κ3) is 8.25. The summed E-state index contributed by atoms with van der Waals surface area (Å²) in [6.07, 6.45) is 2.39. The van der Waals surface area contributed by atoms with Crippen molar-refractivity contribution in [1.82, 2.24) is 10.2 Å². The number of rotatable bonds is 8. The zero-order valence-electron chi connectivity index (χ0n) is 19.2. The van der Waals surface area contributed by atoms with Gasteiger partial charge in [0.25, 0.3) is 0 Å². The molecule has 1 N–H and O–H groups in total. The summed E-state index contributed by atoms with van der Waals surface area (Å²) in [4.78, 5) is 25.9. The first kappa shape index (κ1) is 24.0. The molecule has 1 aliphatic rings. The summed E-state index contributed by atoms with van der Waals surface area (Å²) in [6.45, 7) is 12.8. The fourth-order valence-electron chi connectivity index (χ4n) is 3.31. The number of hydrogen-bond donors (Lipinski definition) is 1. The number of piperidine rings is 1. The fourth-order valence-corrected chi connectivity index (χ4v) is 3.31. The maximum atomic E-state index is 12.2. The Labute approximate surface area is 181 Å². The molecule has 1 aliphatic heterocycles. The van der Waals surface area contributed by atoms with Crippen molar-refractivity contribution in [3.63, 3.8) is 0 Å². The van der Waals surface area contributed by atoms with Crippen molar-refractivity contribution in [3.8, 4) is 5.75 Å². The average Bonchev–Trinajstić information content (AvgIpc) is 2.69. The first-order valence-corrected chi connectivity index (χ1v) is 11.1. The van der Waals surface area contributed by atoms with Crippen LogP contribution in [0.15, 0.2) is 24.3 Å². The lowest BCUT2D eigenvalue weighted by molar-refractivity contribution is -0.122. The molecule has 6 heteroatoms. The van der Waals surface area contributed by atoms with Gasteiger partial charge in [0.1, 0.15) is 5.75 Å². The number of benzene rings is 1. The number of nitrogens with zero attached hydrogens (tertiary/aromatic N) is 1. The summed E-state index contributed by atoms with van der Waals surface area (Å²) in [5.74, 6) is 1.21. The highest BCUT2D eigenvalue weighted by atomic mass is 16.6. The van der Waals surface area contributed by atoms with Gasteiger partial charge in [-0.3, -0.25) is 4.79 Å². The SMILES string of the molecule is CC(C)COC(=O)N1CCC(NC(=O)CCCOc2ccc(C(C)(C)C)cc2)CC1. The number of amides is 2. The summed E-state index contributed by atoms with van der Waals surface area (Å²) in [5, 5.41) is 3.08. The van der Waals surface area contributed by atoms with E-state index in [0.29, 0.717) is 45.1 Å². The summed E-state index contributed by atoms with van der Waals surface area (Å²) in [6, 6.07) is 8.28. The summed E-state index contributed by atoms with van der Waals surface area (Å²) in [7, 11) is 0. The third-order valence-corrected chi connectivity index (χ3v) is 5.20. The molecule has 0 radical (unpaired) electrons. The Morgan fingerprint density at radius 2 is 1.77 bits per heavy atom. The molecule has 1 heterocycles. The summed E-state index contributed by atoms with van der Waals surface area (Å²) < 4.78 is 11.0. The molecular weight excluding hydrogens is 380 g/mol. The normalized spacial score (nSPS) is 15.2. The van der Waals surface area contributed by atoms with Crippen molar-refractivity contribution in [2.75, 3.05) is 26.3 Å². The Bertz CT molecular complexity index is 671. The molecule has 1 aromatic carbocycles. The van der Waals surface area contributed by atoms with Crippen molar-refractivity contribution in [2.24, 2.45) is 5.92 Å². The van der Waals surface area contributed by atoms with E-state index in [2.05, 4.69) is 38.2 Å². The van der Waals surface area contributed by atoms with E-state index in [1.165, 1.54) is 5.56 Å². The molecule has 0 unspecified atom stereocenters. The largest absolute Gasteiger partial charge is 0.494 e. The molecule has 30 heavy (non-hydrogen) atoms. The highest BCUT2D eigenvalue weighted by Crippen LogP contribution is 2.24. The zero-order valence-corrected chi connectivity index (χ0v) is 19.2. The number of likely N-dealkylation sites (tertiary alicyclic amines) is 1. The summed E-state index contributed by atoms with van der Waals surface area (Å²) >= 11 is 0. The van der Waals surface area contributed by atoms with Gasteiger partial charge in [-0.25, -0.2) is 4.79 Å². The van der Waals surface area contributed by atoms with Crippen molar-refractivity contribution in [2.45, 2.75) is 71.8 Å². The number of carbonyl (C=O) groups excluding carboxylic acids is 2. The van der Waals surface area contributed by atoms with Crippen LogP contribution in [0.25, 0.3) is 0 Å². The van der Waals surface area contributed by atoms with E-state index >= 15 is 0 Å². The second kappa shape index (κ2) is 11.2. The van der Waals surface area contributed by atoms with Crippen LogP contribution in [0.3, 0.4) is 0 Å². The molecule has 0 aromatic heterocycles. The van der Waals surface area contributed by atoms with Gasteiger partial charge >= 0.3 is 6.09 Å². The number of nitrogens with one attached hydrogen (secondary N) is 1. The van der Waals surface area contributed by atoms with Gasteiger partial charge in [0, 0.05) is 25.6 Å². The molecule has 2 rings (SSSR count). The van der Waals surface area contributed by atoms with Crippen LogP contribution < -0.4 is 10.1 Å². The molecule has 6 nitrogen and oxygen atoms in total. The van der Waals surface area contributed by atoms with Crippen molar-refractivity contribution in [3.05, 3.63) is 29.8 Å². The lowest BCUT2D eigenvalue weighted by atomic mass is 9.87. The lowest BCUT2D eigenvalue weighted by Crippen LogP contribution is -2.46. The van der Waals surface area contributed by atoms with E-state index in [9.17, 15) is 9.59 Å². The van der Waals surface area contributed by atoms with E-state index in [1.54, 1.807) is 4.90 Å². The Morgan fingerprint density at radius 1 is 1.13 bits per heavy atom. The maximum absolute atomic E-state index is 12.2. The van der Waals surface area contributed by atoms with E-state index in [0.717, 1.165) is 18.6 Å². The van der Waals surface area contributed by atoms with Crippen LogP contribution in [0, 0.1) is 5.92 Å². The second-order valence-electron chi connectivity index (χ2n) is 9.53. The standard InChI is InChI=1S/C24H38N2O4/c1-18(2)17-30-23(28)26-14-12-20(13-15-26)25-22(27)7-6-16-29-21-10-8-19(9-11-21)24(3,4)5/h8-11,18,20H,6-7,12-17H2,1-5H3,(H,25,27). The van der Waals surface area contributed by atoms with Crippen LogP contribution in [-0.2, 0) is 14.9 Å². The highest BCUT2D eigenvalue weighted by Gasteiger charge is 2.24. The molecule has 1 saturated heterocycles. The van der Waals surface area contributed by atoms with E-state index in [-0.39, 0.29) is 23.5 Å². The molecule has 1 aromatic rings. The van der Waals surface area contributed by atoms with Crippen molar-refractivity contribution < 1.29 is 19.1 Å². The minimum atomic E-state index is -0.249. The zero-order chi connectivity index (χ0) is 22.1. The lowest BCUT2D eigenvalue weighted by Gasteiger charge is -2.31. The van der Waals surface area contributed by atoms with Gasteiger partial charge in [0.05, 0.1) is 13.2 Å². The molecule has 0 aliphatic carbocycles. The first-order valence-electron chi connectivity index (χ1n) is 11.1. The number of ether oxygens (including phenoxy) is 2. The molecule has 0 saturated carbocycles. The maximum Gasteiger partial charge on any atom is 0.409 e. The van der Waals surface area contributed by atoms with Gasteiger partial charge in [0.2, 0.25) is 5.91 Å². The molecule has 2 amide bonds. The van der Waals surface area contributed by atoms with E-state index < -0.39 is 0 Å². The van der Waals surface area contributed by atoms with Crippen LogP contribution in [-0.4, -0.2) is 49.2 Å². The van der Waals surface area contributed by atoms with Gasteiger partial charge in [-0.2, -0.15) is 0 Å². The van der Waals surface area contributed by atoms with Crippen LogP contribution in [0.2, 0.25) is 0 Å². The highest BCUT2D eigenvalue weighted by molar-refractivity contribution is 5.76. The molecule has 0 bridgehead atoms. The average molecular weight is 419 g/mol. The first-order chi connectivity index (χ1) is 14.1. The fraction of sp³-hybridized carbons (Fsp3) is 0.667. The molecule has 0 atom stereocenters. The monoisotopic (exact) mass is 418 g/mol. The van der Waals surface area contributed by atoms with Gasteiger partial charge < -0.3 is 19.7 Å². The smallest absolute Gasteiger partial charge is 0.409 e. The Kier molecular flexibility index (Phi) is 9.00. The predicted molar refractivity (Wildman–Crippen MR) is 119 cm³/mol. The number of carbonyl (C=O) groups is 2. The Balaban J connectivity index is 1.60. The Hall–Kier alpha value is -2.24. The number of hydrogen-bond acceptors (Lipinski definition) is 4. The van der Waals surface area contributed by atoms with Crippen molar-refractivity contribution >= 4 is 12.0 Å². The van der Waals surface area contributed by atoms with Crippen LogP contribution in [0.1, 0.15) is 65.9 Å². The van der Waals surface area contributed by atoms with Crippen LogP contribution in [0.5, 0.6) is 5.75 Å². The molecular formula is C24H38N2O4. The van der Waals surface area contributed by atoms with Crippen molar-refractivity contribution in [1.29, 1.82) is 0 Å². The van der Waals surface area contributed by atoms with Gasteiger partial charge in [-0.15, -0.1) is 0 Å². The molecule has 0 spiro atoms. The molecule has 1 fully saturated rings. The molecule has 168 valence electrons. The van der Waals surface area contributed by atoms with Gasteiger partial charge in [-0.1, -0.05) is 46.8 Å². The van der Waals surface area contributed by atoms with Gasteiger partial charge in [-0.05, 0) is 48.3 Å². The minimum absolute atomic E-state index is 0.0440.